The van der Waals surface area contributed by atoms with Crippen LogP contribution in [-0.2, 0) is 13.1 Å². The summed E-state index contributed by atoms with van der Waals surface area (Å²) < 4.78 is 4.71. The van der Waals surface area contributed by atoms with Crippen molar-refractivity contribution >= 4 is 27.9 Å². The summed E-state index contributed by atoms with van der Waals surface area (Å²) in [7, 11) is 0. The zero-order valence-electron chi connectivity index (χ0n) is 17.2. The first-order valence-corrected chi connectivity index (χ1v) is 11.0. The van der Waals surface area contributed by atoms with Gasteiger partial charge in [-0.15, -0.1) is 0 Å². The SMILES string of the molecule is Cc1nc2cccc3c2n1CCn1c-3c(C2CCCCC2)c2ccc(C(=O)O)cc21. The molecular weight excluding hydrogens is 374 g/mol. The van der Waals surface area contributed by atoms with E-state index in [0.717, 1.165) is 29.9 Å². The molecule has 0 spiro atoms. The third-order valence-corrected chi connectivity index (χ3v) is 7.12. The number of hydrogen-bond donors (Lipinski definition) is 1. The number of imidazole rings is 1. The summed E-state index contributed by atoms with van der Waals surface area (Å²) in [6.45, 7) is 3.74. The average molecular weight is 399 g/mol. The highest BCUT2D eigenvalue weighted by Gasteiger charge is 2.30. The summed E-state index contributed by atoms with van der Waals surface area (Å²) in [4.78, 5) is 16.5. The Morgan fingerprint density at radius 2 is 1.87 bits per heavy atom. The van der Waals surface area contributed by atoms with Gasteiger partial charge in [-0.3, -0.25) is 0 Å². The molecule has 0 unspecified atom stereocenters. The van der Waals surface area contributed by atoms with Gasteiger partial charge < -0.3 is 14.2 Å². The summed E-state index contributed by atoms with van der Waals surface area (Å²) in [5, 5.41) is 10.8. The number of para-hydroxylation sites is 1. The number of benzene rings is 2. The molecule has 30 heavy (non-hydrogen) atoms. The maximum atomic E-state index is 11.7. The van der Waals surface area contributed by atoms with Gasteiger partial charge in [0.25, 0.3) is 0 Å². The minimum Gasteiger partial charge on any atom is -0.478 e. The van der Waals surface area contributed by atoms with Gasteiger partial charge in [0.05, 0.1) is 22.3 Å². The van der Waals surface area contributed by atoms with Crippen molar-refractivity contribution in [1.29, 1.82) is 0 Å². The highest BCUT2D eigenvalue weighted by atomic mass is 16.4. The third kappa shape index (κ3) is 2.41. The monoisotopic (exact) mass is 399 g/mol. The van der Waals surface area contributed by atoms with Crippen molar-refractivity contribution in [3.8, 4) is 11.3 Å². The van der Waals surface area contributed by atoms with Gasteiger partial charge in [0.15, 0.2) is 0 Å². The fraction of sp³-hybridized carbons (Fsp3) is 0.360. The Morgan fingerprint density at radius 1 is 1.07 bits per heavy atom. The number of rotatable bonds is 2. The third-order valence-electron chi connectivity index (χ3n) is 7.12. The Morgan fingerprint density at radius 3 is 2.67 bits per heavy atom. The smallest absolute Gasteiger partial charge is 0.335 e. The van der Waals surface area contributed by atoms with Crippen LogP contribution < -0.4 is 0 Å². The van der Waals surface area contributed by atoms with E-state index in [2.05, 4.69) is 34.3 Å². The Labute approximate surface area is 175 Å². The Kier molecular flexibility index (Phi) is 3.82. The molecule has 2 aromatic heterocycles. The number of nitrogens with zero attached hydrogens (tertiary/aromatic N) is 3. The largest absolute Gasteiger partial charge is 0.478 e. The van der Waals surface area contributed by atoms with Gasteiger partial charge >= 0.3 is 5.97 Å². The average Bonchev–Trinajstić information content (AvgIpc) is 3.19. The van der Waals surface area contributed by atoms with Crippen LogP contribution in [0.1, 0.15) is 59.8 Å². The summed E-state index contributed by atoms with van der Waals surface area (Å²) >= 11 is 0. The van der Waals surface area contributed by atoms with Crippen molar-refractivity contribution < 1.29 is 9.90 Å². The summed E-state index contributed by atoms with van der Waals surface area (Å²) in [6, 6.07) is 12.1. The molecule has 6 rings (SSSR count). The van der Waals surface area contributed by atoms with E-state index in [9.17, 15) is 9.90 Å². The molecule has 1 aliphatic heterocycles. The van der Waals surface area contributed by atoms with Gasteiger partial charge in [-0.1, -0.05) is 37.5 Å². The van der Waals surface area contributed by atoms with Crippen LogP contribution in [-0.4, -0.2) is 25.2 Å². The van der Waals surface area contributed by atoms with E-state index in [1.165, 1.54) is 59.8 Å². The van der Waals surface area contributed by atoms with Crippen molar-refractivity contribution in [1.82, 2.24) is 14.1 Å². The highest BCUT2D eigenvalue weighted by molar-refractivity contribution is 6.02. The van der Waals surface area contributed by atoms with Gasteiger partial charge in [-0.05, 0) is 49.4 Å². The quantitative estimate of drug-likeness (QED) is 0.468. The molecule has 152 valence electrons. The lowest BCUT2D eigenvalue weighted by Gasteiger charge is -2.23. The topological polar surface area (TPSA) is 60.0 Å². The van der Waals surface area contributed by atoms with Gasteiger partial charge in [-0.2, -0.15) is 0 Å². The lowest BCUT2D eigenvalue weighted by Crippen LogP contribution is -2.08. The van der Waals surface area contributed by atoms with Crippen molar-refractivity contribution in [2.45, 2.75) is 58.0 Å². The Bertz CT molecular complexity index is 1320. The predicted octanol–water partition coefficient (Wildman–Crippen LogP) is 5.73. The van der Waals surface area contributed by atoms with Crippen LogP contribution in [0, 0.1) is 6.92 Å². The minimum atomic E-state index is -0.867. The van der Waals surface area contributed by atoms with Crippen LogP contribution in [0.5, 0.6) is 0 Å². The highest BCUT2D eigenvalue weighted by Crippen LogP contribution is 2.46. The normalized spacial score (nSPS) is 16.7. The molecule has 1 aliphatic carbocycles. The lowest BCUT2D eigenvalue weighted by molar-refractivity contribution is 0.0697. The molecule has 0 atom stereocenters. The van der Waals surface area contributed by atoms with Gasteiger partial charge in [-0.25, -0.2) is 9.78 Å². The number of carboxylic acid groups (broad SMARTS) is 1. The maximum absolute atomic E-state index is 11.7. The summed E-state index contributed by atoms with van der Waals surface area (Å²) in [6.07, 6.45) is 6.27. The summed E-state index contributed by atoms with van der Waals surface area (Å²) in [5.41, 5.74) is 7.61. The molecule has 1 N–H and O–H groups in total. The van der Waals surface area contributed by atoms with Crippen LogP contribution in [0.3, 0.4) is 0 Å². The first-order chi connectivity index (χ1) is 14.6. The Hall–Kier alpha value is -3.08. The molecule has 0 radical (unpaired) electrons. The zero-order chi connectivity index (χ0) is 20.4. The number of carbonyl (C=O) groups is 1. The number of aromatic carboxylic acids is 1. The first-order valence-electron chi connectivity index (χ1n) is 11.0. The second-order valence-electron chi connectivity index (χ2n) is 8.77. The number of hydrogen-bond acceptors (Lipinski definition) is 2. The summed E-state index contributed by atoms with van der Waals surface area (Å²) in [5.74, 6) is 0.700. The minimum absolute atomic E-state index is 0.359. The van der Waals surface area contributed by atoms with E-state index >= 15 is 0 Å². The van der Waals surface area contributed by atoms with E-state index in [-0.39, 0.29) is 0 Å². The second kappa shape index (κ2) is 6.46. The number of fused-ring (bicyclic) bond motifs is 4. The van der Waals surface area contributed by atoms with E-state index < -0.39 is 5.97 Å². The molecule has 4 aromatic rings. The standard InChI is InChI=1S/C25H25N3O2/c1-15-26-20-9-5-8-19-23(20)27(15)12-13-28-21-14-17(25(29)30)10-11-18(21)22(24(19)28)16-6-3-2-4-7-16/h5,8-11,14,16H,2-4,6-7,12-13H2,1H3,(H,29,30). The van der Waals surface area contributed by atoms with E-state index in [0.29, 0.717) is 11.5 Å². The second-order valence-corrected chi connectivity index (χ2v) is 8.77. The van der Waals surface area contributed by atoms with Crippen LogP contribution >= 0.6 is 0 Å². The fourth-order valence-electron chi connectivity index (χ4n) is 5.80. The Balaban J connectivity index is 1.73. The molecule has 1 saturated carbocycles. The van der Waals surface area contributed by atoms with E-state index in [1.807, 2.05) is 12.1 Å². The molecule has 2 aromatic carbocycles. The first kappa shape index (κ1) is 17.8. The molecule has 0 bridgehead atoms. The van der Waals surface area contributed by atoms with Gasteiger partial charge in [0.2, 0.25) is 0 Å². The molecule has 3 heterocycles. The van der Waals surface area contributed by atoms with Crippen molar-refractivity contribution in [3.05, 3.63) is 53.3 Å². The van der Waals surface area contributed by atoms with Crippen LogP contribution in [0.4, 0.5) is 0 Å². The number of aromatic nitrogens is 3. The van der Waals surface area contributed by atoms with Crippen LogP contribution in [0.25, 0.3) is 33.2 Å². The predicted molar refractivity (Wildman–Crippen MR) is 118 cm³/mol. The van der Waals surface area contributed by atoms with Crippen molar-refractivity contribution in [2.75, 3.05) is 0 Å². The van der Waals surface area contributed by atoms with Gasteiger partial charge in [0, 0.05) is 29.6 Å². The van der Waals surface area contributed by atoms with Crippen molar-refractivity contribution in [2.24, 2.45) is 0 Å². The fourth-order valence-corrected chi connectivity index (χ4v) is 5.80. The maximum Gasteiger partial charge on any atom is 0.335 e. The van der Waals surface area contributed by atoms with E-state index in [4.69, 9.17) is 4.98 Å². The zero-order valence-corrected chi connectivity index (χ0v) is 17.2. The lowest BCUT2D eigenvalue weighted by atomic mass is 9.81. The molecule has 5 nitrogen and oxygen atoms in total. The molecular formula is C25H25N3O2. The van der Waals surface area contributed by atoms with Crippen LogP contribution in [0.2, 0.25) is 0 Å². The van der Waals surface area contributed by atoms with Crippen LogP contribution in [0.15, 0.2) is 36.4 Å². The van der Waals surface area contributed by atoms with E-state index in [1.54, 1.807) is 6.07 Å². The molecule has 0 amide bonds. The van der Waals surface area contributed by atoms with Gasteiger partial charge in [0.1, 0.15) is 5.82 Å². The molecule has 2 aliphatic rings. The molecule has 5 heteroatoms. The van der Waals surface area contributed by atoms with Crippen molar-refractivity contribution in [3.63, 3.8) is 0 Å². The molecule has 0 saturated heterocycles. The molecule has 1 fully saturated rings. The number of aryl methyl sites for hydroxylation is 3. The number of carboxylic acids is 1.